The van der Waals surface area contributed by atoms with Crippen LogP contribution in [-0.4, -0.2) is 46.3 Å². The van der Waals surface area contributed by atoms with Crippen molar-refractivity contribution in [1.82, 2.24) is 15.2 Å². The largest absolute Gasteiger partial charge is 0.388 e. The third-order valence-electron chi connectivity index (χ3n) is 4.33. The number of hydrogen-bond donors (Lipinski definition) is 3. The normalized spacial score (nSPS) is 21.5. The number of rotatable bonds is 3. The molecule has 1 aromatic heterocycles. The van der Waals surface area contributed by atoms with Crippen molar-refractivity contribution in [2.24, 2.45) is 0 Å². The molecule has 1 aliphatic heterocycles. The third kappa shape index (κ3) is 3.09. The first-order chi connectivity index (χ1) is 10.4. The lowest BCUT2D eigenvalue weighted by molar-refractivity contribution is 0.0719. The molecule has 0 bridgehead atoms. The number of H-pyrrole nitrogens is 1. The number of nitrogens with one attached hydrogen (secondary N) is 2. The smallest absolute Gasteiger partial charge is 0.317 e. The first-order valence-electron chi connectivity index (χ1n) is 7.76. The van der Waals surface area contributed by atoms with Gasteiger partial charge in [-0.05, 0) is 43.9 Å². The predicted octanol–water partition coefficient (Wildman–Crippen LogP) is 2.19. The van der Waals surface area contributed by atoms with Gasteiger partial charge in [-0.25, -0.2) is 4.79 Å². The molecule has 1 fully saturated rings. The summed E-state index contributed by atoms with van der Waals surface area (Å²) in [5.74, 6) is 0. The Hall–Kier alpha value is -2.01. The van der Waals surface area contributed by atoms with Gasteiger partial charge in [0.15, 0.2) is 0 Å². The van der Waals surface area contributed by atoms with Crippen LogP contribution < -0.4 is 5.32 Å². The topological polar surface area (TPSA) is 68.4 Å². The molecular formula is C17H23N3O2. The van der Waals surface area contributed by atoms with Crippen molar-refractivity contribution in [3.05, 3.63) is 35.5 Å². The molecule has 0 spiro atoms. The summed E-state index contributed by atoms with van der Waals surface area (Å²) in [5.41, 5.74) is 2.84. The summed E-state index contributed by atoms with van der Waals surface area (Å²) >= 11 is 0. The third-order valence-corrected chi connectivity index (χ3v) is 4.33. The number of aryl methyl sites for hydroxylation is 1. The Labute approximate surface area is 130 Å². The molecule has 2 aromatic rings. The second-order valence-electron chi connectivity index (χ2n) is 6.51. The summed E-state index contributed by atoms with van der Waals surface area (Å²) in [6.45, 7) is 5.47. The van der Waals surface area contributed by atoms with Crippen LogP contribution in [0.4, 0.5) is 4.79 Å². The monoisotopic (exact) mass is 301 g/mol. The molecule has 2 heterocycles. The quantitative estimate of drug-likeness (QED) is 0.813. The first kappa shape index (κ1) is 14.9. The second kappa shape index (κ2) is 5.65. The molecule has 118 valence electrons. The second-order valence-corrected chi connectivity index (χ2v) is 6.51. The number of fused-ring (bicyclic) bond motifs is 1. The van der Waals surface area contributed by atoms with Gasteiger partial charge in [-0.15, -0.1) is 0 Å². The van der Waals surface area contributed by atoms with E-state index in [4.69, 9.17) is 0 Å². The number of β-amino-alcohol motifs (C(OH)–C–C–N with tert-alkyl or cyclic N) is 1. The summed E-state index contributed by atoms with van der Waals surface area (Å²) in [4.78, 5) is 17.0. The van der Waals surface area contributed by atoms with Crippen LogP contribution in [0.1, 0.15) is 24.5 Å². The molecule has 1 atom stereocenters. The van der Waals surface area contributed by atoms with E-state index in [1.807, 2.05) is 6.20 Å². The van der Waals surface area contributed by atoms with Crippen molar-refractivity contribution < 1.29 is 9.90 Å². The Balaban J connectivity index is 1.55. The zero-order chi connectivity index (χ0) is 15.7. The highest BCUT2D eigenvalue weighted by molar-refractivity contribution is 5.84. The van der Waals surface area contributed by atoms with Crippen LogP contribution in [0.2, 0.25) is 0 Å². The molecule has 0 radical (unpaired) electrons. The van der Waals surface area contributed by atoms with Crippen LogP contribution in [0.5, 0.6) is 0 Å². The van der Waals surface area contributed by atoms with Crippen molar-refractivity contribution in [3.8, 4) is 0 Å². The van der Waals surface area contributed by atoms with Crippen molar-refractivity contribution >= 4 is 16.9 Å². The number of aromatic amines is 1. The number of amides is 2. The standard InChI is InChI=1S/C17H23N3O2/c1-12-3-4-14-13(10-19-15(14)9-12)5-7-18-16(21)20-8-6-17(2,22)11-20/h3-4,9-10,19,22H,5-8,11H2,1-2H3,(H,18,21)/t17-/m0/s1. The molecule has 1 aromatic carbocycles. The van der Waals surface area contributed by atoms with E-state index in [1.54, 1.807) is 11.8 Å². The summed E-state index contributed by atoms with van der Waals surface area (Å²) in [7, 11) is 0. The van der Waals surface area contributed by atoms with E-state index < -0.39 is 5.60 Å². The fourth-order valence-corrected chi connectivity index (χ4v) is 3.04. The van der Waals surface area contributed by atoms with Crippen LogP contribution in [0.15, 0.2) is 24.4 Å². The molecule has 5 nitrogen and oxygen atoms in total. The lowest BCUT2D eigenvalue weighted by Gasteiger charge is -2.19. The minimum absolute atomic E-state index is 0.0894. The van der Waals surface area contributed by atoms with E-state index in [0.29, 0.717) is 26.1 Å². The molecule has 2 amide bonds. The van der Waals surface area contributed by atoms with Gasteiger partial charge in [-0.2, -0.15) is 0 Å². The minimum Gasteiger partial charge on any atom is -0.388 e. The Morgan fingerprint density at radius 1 is 1.50 bits per heavy atom. The molecule has 22 heavy (non-hydrogen) atoms. The van der Waals surface area contributed by atoms with Gasteiger partial charge >= 0.3 is 6.03 Å². The number of likely N-dealkylation sites (tertiary alicyclic amines) is 1. The summed E-state index contributed by atoms with van der Waals surface area (Å²) < 4.78 is 0. The molecule has 1 saturated heterocycles. The Kier molecular flexibility index (Phi) is 3.83. The average Bonchev–Trinajstić information content (AvgIpc) is 3.02. The predicted molar refractivity (Wildman–Crippen MR) is 87.0 cm³/mol. The highest BCUT2D eigenvalue weighted by Crippen LogP contribution is 2.21. The van der Waals surface area contributed by atoms with Crippen LogP contribution in [0, 0.1) is 6.92 Å². The highest BCUT2D eigenvalue weighted by atomic mass is 16.3. The number of aromatic nitrogens is 1. The van der Waals surface area contributed by atoms with Gasteiger partial charge < -0.3 is 20.3 Å². The van der Waals surface area contributed by atoms with Gasteiger partial charge in [0.05, 0.1) is 12.1 Å². The van der Waals surface area contributed by atoms with E-state index in [9.17, 15) is 9.90 Å². The lowest BCUT2D eigenvalue weighted by Crippen LogP contribution is -2.41. The van der Waals surface area contributed by atoms with E-state index in [0.717, 1.165) is 11.9 Å². The van der Waals surface area contributed by atoms with E-state index in [2.05, 4.69) is 35.4 Å². The average molecular weight is 301 g/mol. The fraction of sp³-hybridized carbons (Fsp3) is 0.471. The number of urea groups is 1. The van der Waals surface area contributed by atoms with E-state index >= 15 is 0 Å². The molecule has 0 saturated carbocycles. The number of aliphatic hydroxyl groups is 1. The zero-order valence-corrected chi connectivity index (χ0v) is 13.1. The van der Waals surface area contributed by atoms with Gasteiger partial charge in [0.2, 0.25) is 0 Å². The SMILES string of the molecule is Cc1ccc2c(CCNC(=O)N3CC[C@](C)(O)C3)c[nH]c2c1. The molecular weight excluding hydrogens is 278 g/mol. The van der Waals surface area contributed by atoms with Crippen molar-refractivity contribution in [1.29, 1.82) is 0 Å². The van der Waals surface area contributed by atoms with Crippen molar-refractivity contribution in [2.45, 2.75) is 32.3 Å². The Bertz CT molecular complexity index is 690. The molecule has 3 N–H and O–H groups in total. The summed E-state index contributed by atoms with van der Waals surface area (Å²) in [6.07, 6.45) is 3.44. The fourth-order valence-electron chi connectivity index (χ4n) is 3.04. The maximum absolute atomic E-state index is 12.1. The van der Waals surface area contributed by atoms with Gasteiger partial charge in [-0.3, -0.25) is 0 Å². The van der Waals surface area contributed by atoms with E-state index in [1.165, 1.54) is 16.5 Å². The number of carbonyl (C=O) groups is 1. The lowest BCUT2D eigenvalue weighted by atomic mass is 10.1. The van der Waals surface area contributed by atoms with Gasteiger partial charge in [0, 0.05) is 30.2 Å². The zero-order valence-electron chi connectivity index (χ0n) is 13.1. The van der Waals surface area contributed by atoms with Crippen LogP contribution in [-0.2, 0) is 6.42 Å². The number of nitrogens with zero attached hydrogens (tertiary/aromatic N) is 1. The molecule has 3 rings (SSSR count). The number of hydrogen-bond acceptors (Lipinski definition) is 2. The van der Waals surface area contributed by atoms with Crippen molar-refractivity contribution in [3.63, 3.8) is 0 Å². The summed E-state index contributed by atoms with van der Waals surface area (Å²) in [5, 5.41) is 14.1. The van der Waals surface area contributed by atoms with Crippen LogP contribution in [0.3, 0.4) is 0 Å². The molecule has 0 unspecified atom stereocenters. The highest BCUT2D eigenvalue weighted by Gasteiger charge is 2.33. The maximum Gasteiger partial charge on any atom is 0.317 e. The van der Waals surface area contributed by atoms with Gasteiger partial charge in [0.25, 0.3) is 0 Å². The molecule has 5 heteroatoms. The Morgan fingerprint density at radius 2 is 2.32 bits per heavy atom. The molecule has 1 aliphatic rings. The number of benzene rings is 1. The maximum atomic E-state index is 12.1. The van der Waals surface area contributed by atoms with Crippen LogP contribution in [0.25, 0.3) is 10.9 Å². The van der Waals surface area contributed by atoms with E-state index in [-0.39, 0.29) is 6.03 Å². The first-order valence-corrected chi connectivity index (χ1v) is 7.76. The minimum atomic E-state index is -0.744. The summed E-state index contributed by atoms with van der Waals surface area (Å²) in [6, 6.07) is 6.26. The van der Waals surface area contributed by atoms with Crippen molar-refractivity contribution in [2.75, 3.05) is 19.6 Å². The molecule has 0 aliphatic carbocycles. The Morgan fingerprint density at radius 3 is 3.05 bits per heavy atom. The van der Waals surface area contributed by atoms with Gasteiger partial charge in [-0.1, -0.05) is 12.1 Å². The van der Waals surface area contributed by atoms with Crippen LogP contribution >= 0.6 is 0 Å². The number of carbonyl (C=O) groups excluding carboxylic acids is 1. The van der Waals surface area contributed by atoms with Gasteiger partial charge in [0.1, 0.15) is 0 Å².